The molecule has 0 saturated heterocycles. The second-order valence-electron chi connectivity index (χ2n) is 6.25. The van der Waals surface area contributed by atoms with E-state index in [1.54, 1.807) is 26.0 Å². The normalized spacial score (nSPS) is 11.5. The van der Waals surface area contributed by atoms with Crippen LogP contribution >= 0.6 is 0 Å². The topological polar surface area (TPSA) is 92.6 Å². The zero-order valence-corrected chi connectivity index (χ0v) is 15.7. The molecular formula is C20H22FN3O4. The predicted octanol–water partition coefficient (Wildman–Crippen LogP) is 2.83. The van der Waals surface area contributed by atoms with Crippen LogP contribution in [0.5, 0.6) is 0 Å². The second-order valence-corrected chi connectivity index (χ2v) is 6.25. The van der Waals surface area contributed by atoms with Crippen LogP contribution in [0.1, 0.15) is 25.0 Å². The molecule has 1 N–H and O–H groups in total. The molecule has 0 aliphatic heterocycles. The first-order valence-corrected chi connectivity index (χ1v) is 8.88. The van der Waals surface area contributed by atoms with E-state index in [1.165, 1.54) is 41.3 Å². The number of nitro groups is 1. The zero-order chi connectivity index (χ0) is 20.7. The van der Waals surface area contributed by atoms with Gasteiger partial charge in [-0.05, 0) is 19.9 Å². The lowest BCUT2D eigenvalue weighted by molar-refractivity contribution is -0.385. The van der Waals surface area contributed by atoms with Gasteiger partial charge in [0.05, 0.1) is 11.3 Å². The first-order chi connectivity index (χ1) is 13.3. The summed E-state index contributed by atoms with van der Waals surface area (Å²) in [6.07, 6.45) is -0.269. The number of likely N-dealkylation sites (N-methyl/N-ethyl adjacent to an activating group) is 1. The second kappa shape index (κ2) is 9.59. The monoisotopic (exact) mass is 387 g/mol. The Morgan fingerprint density at radius 2 is 1.75 bits per heavy atom. The maximum Gasteiger partial charge on any atom is 0.273 e. The van der Waals surface area contributed by atoms with Crippen molar-refractivity contribution in [3.8, 4) is 0 Å². The summed E-state index contributed by atoms with van der Waals surface area (Å²) in [6, 6.07) is 11.0. The maximum atomic E-state index is 14.1. The van der Waals surface area contributed by atoms with E-state index in [-0.39, 0.29) is 35.7 Å². The van der Waals surface area contributed by atoms with Crippen LogP contribution in [0.15, 0.2) is 48.5 Å². The van der Waals surface area contributed by atoms with Gasteiger partial charge < -0.3 is 10.2 Å². The van der Waals surface area contributed by atoms with Crippen LogP contribution in [-0.2, 0) is 22.6 Å². The molecule has 2 amide bonds. The number of benzene rings is 2. The van der Waals surface area contributed by atoms with E-state index in [0.717, 1.165) is 0 Å². The third-order valence-electron chi connectivity index (χ3n) is 4.35. The molecule has 0 aliphatic rings. The number of nitrogens with zero attached hydrogens (tertiary/aromatic N) is 2. The molecule has 0 radical (unpaired) electrons. The molecule has 0 bridgehead atoms. The number of para-hydroxylation sites is 1. The average molecular weight is 387 g/mol. The first-order valence-electron chi connectivity index (χ1n) is 8.88. The first kappa shape index (κ1) is 21.0. The Balaban J connectivity index is 2.32. The summed E-state index contributed by atoms with van der Waals surface area (Å²) in [5.74, 6) is -1.37. The molecule has 2 aromatic carbocycles. The summed E-state index contributed by atoms with van der Waals surface area (Å²) in [5.41, 5.74) is 0.320. The Bertz CT molecular complexity index is 872. The largest absolute Gasteiger partial charge is 0.355 e. The third-order valence-corrected chi connectivity index (χ3v) is 4.35. The van der Waals surface area contributed by atoms with E-state index in [4.69, 9.17) is 0 Å². The number of hydrogen-bond donors (Lipinski definition) is 1. The van der Waals surface area contributed by atoms with Gasteiger partial charge in [0, 0.05) is 30.3 Å². The fourth-order valence-corrected chi connectivity index (χ4v) is 2.82. The minimum atomic E-state index is -0.866. The highest BCUT2D eigenvalue weighted by molar-refractivity contribution is 5.88. The molecule has 0 aromatic heterocycles. The Labute approximate surface area is 162 Å². The lowest BCUT2D eigenvalue weighted by Gasteiger charge is -2.29. The van der Waals surface area contributed by atoms with E-state index in [1.807, 2.05) is 0 Å². The van der Waals surface area contributed by atoms with Crippen LogP contribution in [0, 0.1) is 15.9 Å². The minimum Gasteiger partial charge on any atom is -0.355 e. The van der Waals surface area contributed by atoms with Crippen molar-refractivity contribution in [3.05, 3.63) is 75.6 Å². The van der Waals surface area contributed by atoms with Crippen molar-refractivity contribution in [2.24, 2.45) is 0 Å². The fourth-order valence-electron chi connectivity index (χ4n) is 2.82. The van der Waals surface area contributed by atoms with Gasteiger partial charge >= 0.3 is 0 Å². The predicted molar refractivity (Wildman–Crippen MR) is 102 cm³/mol. The van der Waals surface area contributed by atoms with E-state index in [2.05, 4.69) is 5.32 Å². The Hall–Kier alpha value is -3.29. The molecule has 0 spiro atoms. The van der Waals surface area contributed by atoms with Crippen molar-refractivity contribution in [1.82, 2.24) is 10.2 Å². The van der Waals surface area contributed by atoms with Crippen molar-refractivity contribution in [2.45, 2.75) is 32.9 Å². The molecule has 0 fully saturated rings. The summed E-state index contributed by atoms with van der Waals surface area (Å²) >= 11 is 0. The SMILES string of the molecule is CCNC(=O)C(C)N(Cc1ccccc1F)C(=O)Cc1ccccc1[N+](=O)[O-]. The Morgan fingerprint density at radius 3 is 2.36 bits per heavy atom. The molecule has 8 heteroatoms. The molecule has 1 atom stereocenters. The number of halogens is 1. The molecule has 0 heterocycles. The van der Waals surface area contributed by atoms with Crippen LogP contribution in [0.4, 0.5) is 10.1 Å². The van der Waals surface area contributed by atoms with Crippen molar-refractivity contribution in [3.63, 3.8) is 0 Å². The van der Waals surface area contributed by atoms with Crippen LogP contribution in [0.2, 0.25) is 0 Å². The fraction of sp³-hybridized carbons (Fsp3) is 0.300. The third kappa shape index (κ3) is 5.12. The number of nitrogens with one attached hydrogen (secondary N) is 1. The molecule has 0 saturated carbocycles. The lowest BCUT2D eigenvalue weighted by Crippen LogP contribution is -2.48. The smallest absolute Gasteiger partial charge is 0.273 e. The number of carbonyl (C=O) groups excluding carboxylic acids is 2. The van der Waals surface area contributed by atoms with Gasteiger partial charge in [-0.1, -0.05) is 36.4 Å². The molecule has 7 nitrogen and oxygen atoms in total. The van der Waals surface area contributed by atoms with Gasteiger partial charge in [0.2, 0.25) is 11.8 Å². The van der Waals surface area contributed by atoms with Gasteiger partial charge in [-0.2, -0.15) is 0 Å². The highest BCUT2D eigenvalue weighted by Crippen LogP contribution is 2.21. The molecule has 0 aliphatic carbocycles. The van der Waals surface area contributed by atoms with E-state index in [0.29, 0.717) is 6.54 Å². The van der Waals surface area contributed by atoms with Crippen LogP contribution in [0.3, 0.4) is 0 Å². The molecule has 2 aromatic rings. The highest BCUT2D eigenvalue weighted by atomic mass is 19.1. The number of hydrogen-bond acceptors (Lipinski definition) is 4. The summed E-state index contributed by atoms with van der Waals surface area (Å²) in [5, 5.41) is 13.8. The average Bonchev–Trinajstić information content (AvgIpc) is 2.67. The van der Waals surface area contributed by atoms with Gasteiger partial charge in [-0.25, -0.2) is 4.39 Å². The van der Waals surface area contributed by atoms with Crippen molar-refractivity contribution < 1.29 is 18.9 Å². The maximum absolute atomic E-state index is 14.1. The number of nitro benzene ring substituents is 1. The van der Waals surface area contributed by atoms with Crippen molar-refractivity contribution in [1.29, 1.82) is 0 Å². The van der Waals surface area contributed by atoms with E-state index >= 15 is 0 Å². The van der Waals surface area contributed by atoms with Crippen molar-refractivity contribution >= 4 is 17.5 Å². The molecule has 28 heavy (non-hydrogen) atoms. The number of amides is 2. The van der Waals surface area contributed by atoms with Crippen LogP contribution < -0.4 is 5.32 Å². The van der Waals surface area contributed by atoms with Gasteiger partial charge in [0.15, 0.2) is 0 Å². The van der Waals surface area contributed by atoms with Gasteiger partial charge in [0.1, 0.15) is 11.9 Å². The summed E-state index contributed by atoms with van der Waals surface area (Å²) in [7, 11) is 0. The van der Waals surface area contributed by atoms with Gasteiger partial charge in [-0.15, -0.1) is 0 Å². The van der Waals surface area contributed by atoms with Crippen molar-refractivity contribution in [2.75, 3.05) is 6.54 Å². The zero-order valence-electron chi connectivity index (χ0n) is 15.7. The lowest BCUT2D eigenvalue weighted by atomic mass is 10.1. The molecule has 148 valence electrons. The van der Waals surface area contributed by atoms with Gasteiger partial charge in [0.25, 0.3) is 5.69 Å². The van der Waals surface area contributed by atoms with Gasteiger partial charge in [-0.3, -0.25) is 19.7 Å². The summed E-state index contributed by atoms with van der Waals surface area (Å²) in [4.78, 5) is 37.1. The standard InChI is InChI=1S/C20H22FN3O4/c1-3-22-20(26)14(2)23(13-16-9-4-6-10-17(16)21)19(25)12-15-8-5-7-11-18(15)24(27)28/h4-11,14H,3,12-13H2,1-2H3,(H,22,26). The molecular weight excluding hydrogens is 365 g/mol. The quantitative estimate of drug-likeness (QED) is 0.557. The highest BCUT2D eigenvalue weighted by Gasteiger charge is 2.28. The number of rotatable bonds is 8. The van der Waals surface area contributed by atoms with Crippen LogP contribution in [-0.4, -0.2) is 34.2 Å². The minimum absolute atomic E-state index is 0.121. The molecule has 1 unspecified atom stereocenters. The van der Waals surface area contributed by atoms with Crippen LogP contribution in [0.25, 0.3) is 0 Å². The summed E-state index contributed by atoms with van der Waals surface area (Å²) in [6.45, 7) is 3.56. The van der Waals surface area contributed by atoms with E-state index < -0.39 is 22.7 Å². The number of carbonyl (C=O) groups is 2. The Kier molecular flexibility index (Phi) is 7.20. The van der Waals surface area contributed by atoms with E-state index in [9.17, 15) is 24.1 Å². The Morgan fingerprint density at radius 1 is 1.14 bits per heavy atom. The summed E-state index contributed by atoms with van der Waals surface area (Å²) < 4.78 is 14.1. The molecule has 2 rings (SSSR count).